The summed E-state index contributed by atoms with van der Waals surface area (Å²) in [6.07, 6.45) is 4.11. The Morgan fingerprint density at radius 3 is 3.24 bits per heavy atom. The summed E-state index contributed by atoms with van der Waals surface area (Å²) < 4.78 is 7.07. The first-order chi connectivity index (χ1) is 8.25. The van der Waals surface area contributed by atoms with Crippen molar-refractivity contribution in [3.05, 3.63) is 12.3 Å². The molecule has 1 aliphatic heterocycles. The average Bonchev–Trinajstić information content (AvgIpc) is 2.92. The smallest absolute Gasteiger partial charge is 0.239 e. The molecule has 0 aliphatic carbocycles. The van der Waals surface area contributed by atoms with E-state index < -0.39 is 0 Å². The lowest BCUT2D eigenvalue weighted by Crippen LogP contribution is -2.33. The van der Waals surface area contributed by atoms with Gasteiger partial charge in [0.1, 0.15) is 5.82 Å². The number of ether oxygens (including phenoxy) is 1. The van der Waals surface area contributed by atoms with Crippen molar-refractivity contribution in [2.45, 2.75) is 18.9 Å². The topological polar surface area (TPSA) is 68.2 Å². The minimum atomic E-state index is -0.0633. The van der Waals surface area contributed by atoms with Crippen molar-refractivity contribution in [3.8, 4) is 0 Å². The maximum Gasteiger partial charge on any atom is 0.239 e. The highest BCUT2D eigenvalue weighted by molar-refractivity contribution is 5.91. The summed E-state index contributed by atoms with van der Waals surface area (Å²) >= 11 is 0. The molecule has 2 rings (SSSR count). The SMILES string of the molecule is Cn1nccc1NC(=O)CNC[C@H]1CCCO1. The number of hydrogen-bond acceptors (Lipinski definition) is 4. The summed E-state index contributed by atoms with van der Waals surface area (Å²) in [7, 11) is 1.79. The summed E-state index contributed by atoms with van der Waals surface area (Å²) in [6.45, 7) is 1.87. The van der Waals surface area contributed by atoms with Gasteiger partial charge in [-0.1, -0.05) is 0 Å². The van der Waals surface area contributed by atoms with Gasteiger partial charge in [0, 0.05) is 26.3 Å². The molecular formula is C11H18N4O2. The first-order valence-corrected chi connectivity index (χ1v) is 5.86. The second-order valence-corrected chi connectivity index (χ2v) is 4.15. The third-order valence-electron chi connectivity index (χ3n) is 2.77. The lowest BCUT2D eigenvalue weighted by Gasteiger charge is -2.10. The zero-order chi connectivity index (χ0) is 12.1. The van der Waals surface area contributed by atoms with Crippen LogP contribution in [0.3, 0.4) is 0 Å². The zero-order valence-corrected chi connectivity index (χ0v) is 9.98. The fourth-order valence-electron chi connectivity index (χ4n) is 1.84. The quantitative estimate of drug-likeness (QED) is 0.765. The number of amides is 1. The predicted octanol–water partition coefficient (Wildman–Crippen LogP) is 0.127. The molecule has 1 amide bonds. The van der Waals surface area contributed by atoms with Crippen LogP contribution in [0.15, 0.2) is 12.3 Å². The first kappa shape index (κ1) is 12.1. The summed E-state index contributed by atoms with van der Waals surface area (Å²) in [5.41, 5.74) is 0. The van der Waals surface area contributed by atoms with Gasteiger partial charge in [-0.2, -0.15) is 5.10 Å². The second kappa shape index (κ2) is 5.79. The molecule has 2 heterocycles. The summed E-state index contributed by atoms with van der Waals surface area (Å²) in [5.74, 6) is 0.639. The Balaban J connectivity index is 1.65. The Bertz CT molecular complexity index is 371. The molecule has 1 aromatic heterocycles. The minimum absolute atomic E-state index is 0.0633. The van der Waals surface area contributed by atoms with Crippen molar-refractivity contribution >= 4 is 11.7 Å². The van der Waals surface area contributed by atoms with Crippen molar-refractivity contribution < 1.29 is 9.53 Å². The Labute approximate surface area is 100 Å². The Hall–Kier alpha value is -1.40. The molecule has 1 saturated heterocycles. The molecule has 0 saturated carbocycles. The second-order valence-electron chi connectivity index (χ2n) is 4.15. The largest absolute Gasteiger partial charge is 0.377 e. The number of carbonyl (C=O) groups excluding carboxylic acids is 1. The molecule has 1 aromatic rings. The Morgan fingerprint density at radius 1 is 1.71 bits per heavy atom. The number of nitrogens with zero attached hydrogens (tertiary/aromatic N) is 2. The minimum Gasteiger partial charge on any atom is -0.377 e. The summed E-state index contributed by atoms with van der Waals surface area (Å²) in [5, 5.41) is 9.84. The normalized spacial score (nSPS) is 19.5. The molecule has 0 bridgehead atoms. The number of carbonyl (C=O) groups is 1. The van der Waals surface area contributed by atoms with Crippen molar-refractivity contribution in [2.24, 2.45) is 7.05 Å². The highest BCUT2D eigenvalue weighted by Crippen LogP contribution is 2.10. The molecule has 6 nitrogen and oxygen atoms in total. The number of aryl methyl sites for hydroxylation is 1. The molecule has 1 aliphatic rings. The van der Waals surface area contributed by atoms with E-state index in [-0.39, 0.29) is 12.0 Å². The number of anilines is 1. The number of hydrogen-bond donors (Lipinski definition) is 2. The molecule has 0 unspecified atom stereocenters. The van der Waals surface area contributed by atoms with Crippen LogP contribution in [0.1, 0.15) is 12.8 Å². The molecule has 1 fully saturated rings. The van der Waals surface area contributed by atoms with Crippen LogP contribution in [-0.2, 0) is 16.6 Å². The summed E-state index contributed by atoms with van der Waals surface area (Å²) in [6, 6.07) is 1.76. The van der Waals surface area contributed by atoms with E-state index in [9.17, 15) is 4.79 Å². The van der Waals surface area contributed by atoms with Gasteiger partial charge in [0.25, 0.3) is 0 Å². The monoisotopic (exact) mass is 238 g/mol. The van der Waals surface area contributed by atoms with Gasteiger partial charge in [-0.3, -0.25) is 9.48 Å². The van der Waals surface area contributed by atoms with Gasteiger partial charge in [0.15, 0.2) is 0 Å². The molecule has 0 radical (unpaired) electrons. The van der Waals surface area contributed by atoms with Crippen LogP contribution in [0.2, 0.25) is 0 Å². The maximum absolute atomic E-state index is 11.6. The molecule has 0 aromatic carbocycles. The number of nitrogens with one attached hydrogen (secondary N) is 2. The van der Waals surface area contributed by atoms with Gasteiger partial charge in [-0.15, -0.1) is 0 Å². The predicted molar refractivity (Wildman–Crippen MR) is 63.7 cm³/mol. The number of aromatic nitrogens is 2. The Kier molecular flexibility index (Phi) is 4.11. The first-order valence-electron chi connectivity index (χ1n) is 5.86. The Morgan fingerprint density at radius 2 is 2.59 bits per heavy atom. The third-order valence-corrected chi connectivity index (χ3v) is 2.77. The number of rotatable bonds is 5. The van der Waals surface area contributed by atoms with Gasteiger partial charge in [0.05, 0.1) is 18.8 Å². The van der Waals surface area contributed by atoms with Crippen LogP contribution in [-0.4, -0.2) is 41.5 Å². The molecule has 2 N–H and O–H groups in total. The lowest BCUT2D eigenvalue weighted by molar-refractivity contribution is -0.115. The fraction of sp³-hybridized carbons (Fsp3) is 0.636. The van der Waals surface area contributed by atoms with Crippen molar-refractivity contribution in [1.29, 1.82) is 0 Å². The van der Waals surface area contributed by atoms with Crippen LogP contribution in [0.25, 0.3) is 0 Å². The lowest BCUT2D eigenvalue weighted by atomic mass is 10.2. The fourth-order valence-corrected chi connectivity index (χ4v) is 1.84. The van der Waals surface area contributed by atoms with Crippen LogP contribution < -0.4 is 10.6 Å². The van der Waals surface area contributed by atoms with Crippen LogP contribution in [0, 0.1) is 0 Å². The van der Waals surface area contributed by atoms with E-state index in [1.165, 1.54) is 0 Å². The molecule has 94 valence electrons. The van der Waals surface area contributed by atoms with Crippen molar-refractivity contribution in [3.63, 3.8) is 0 Å². The van der Waals surface area contributed by atoms with Crippen LogP contribution in [0.5, 0.6) is 0 Å². The standard InChI is InChI=1S/C11H18N4O2/c1-15-10(4-5-13-15)14-11(16)8-12-7-9-3-2-6-17-9/h4-5,9,12H,2-3,6-8H2,1H3,(H,14,16)/t9-/m1/s1. The molecule has 0 spiro atoms. The van der Waals surface area contributed by atoms with Gasteiger partial charge in [-0.05, 0) is 12.8 Å². The molecule has 1 atom stereocenters. The van der Waals surface area contributed by atoms with Gasteiger partial charge < -0.3 is 15.4 Å². The van der Waals surface area contributed by atoms with E-state index in [0.29, 0.717) is 12.4 Å². The van der Waals surface area contributed by atoms with Crippen molar-refractivity contribution in [1.82, 2.24) is 15.1 Å². The van der Waals surface area contributed by atoms with Crippen LogP contribution in [0.4, 0.5) is 5.82 Å². The molecular weight excluding hydrogens is 220 g/mol. The molecule has 6 heteroatoms. The van der Waals surface area contributed by atoms with Gasteiger partial charge >= 0.3 is 0 Å². The van der Waals surface area contributed by atoms with Gasteiger partial charge in [-0.25, -0.2) is 0 Å². The van der Waals surface area contributed by atoms with E-state index in [1.54, 1.807) is 24.0 Å². The van der Waals surface area contributed by atoms with E-state index in [1.807, 2.05) is 0 Å². The van der Waals surface area contributed by atoms with Crippen molar-refractivity contribution in [2.75, 3.05) is 25.0 Å². The third kappa shape index (κ3) is 3.54. The maximum atomic E-state index is 11.6. The van der Waals surface area contributed by atoms with E-state index in [0.717, 1.165) is 26.0 Å². The summed E-state index contributed by atoms with van der Waals surface area (Å²) in [4.78, 5) is 11.6. The highest BCUT2D eigenvalue weighted by Gasteiger charge is 2.15. The molecule has 17 heavy (non-hydrogen) atoms. The van der Waals surface area contributed by atoms with E-state index in [2.05, 4.69) is 15.7 Å². The van der Waals surface area contributed by atoms with Gasteiger partial charge in [0.2, 0.25) is 5.91 Å². The average molecular weight is 238 g/mol. The van der Waals surface area contributed by atoms with E-state index in [4.69, 9.17) is 4.74 Å². The van der Waals surface area contributed by atoms with E-state index >= 15 is 0 Å². The highest BCUT2D eigenvalue weighted by atomic mass is 16.5. The zero-order valence-electron chi connectivity index (χ0n) is 9.98. The van der Waals surface area contributed by atoms with Crippen LogP contribution >= 0.6 is 0 Å².